The number of hydrogen-bond donors (Lipinski definition) is 4. The molecule has 5 N–H and O–H groups in total. The van der Waals surface area contributed by atoms with Crippen LogP contribution in [0.4, 0.5) is 0 Å². The van der Waals surface area contributed by atoms with Gasteiger partial charge in [-0.1, -0.05) is 55.5 Å². The summed E-state index contributed by atoms with van der Waals surface area (Å²) in [6.45, 7) is 0.276. The summed E-state index contributed by atoms with van der Waals surface area (Å²) < 4.78 is 25.3. The molecule has 0 saturated heterocycles. The molecule has 10 nitrogen and oxygen atoms in total. The number of ether oxygens (including phenoxy) is 1. The van der Waals surface area contributed by atoms with Gasteiger partial charge in [-0.3, -0.25) is 18.6 Å². The first-order chi connectivity index (χ1) is 15.7. The van der Waals surface area contributed by atoms with E-state index in [1.54, 1.807) is 0 Å². The minimum atomic E-state index is -4.60. The molecular formula is C22H36NO9P. The topological polar surface area (TPSA) is 166 Å². The standard InChI is InChI=1S/C22H36NO9P/c1-2-3-4-5-6-7-8-9-10-11-12-13-14-15-21(25)30-16-19(24)17-31-33(28,29)32-18-20(23)22(26)27/h3-4,6-7,9-10,12-13,19-20,24H,2,5,8,11,14-18,23H2,1H3,(H,26,27)(H,28,29)/b4-3-,7-6-,10-9-,13-12-. The lowest BCUT2D eigenvalue weighted by Gasteiger charge is -2.16. The molecule has 0 rings (SSSR count). The van der Waals surface area contributed by atoms with Crippen LogP contribution in [0, 0.1) is 0 Å². The summed E-state index contributed by atoms with van der Waals surface area (Å²) in [5.74, 6) is -1.94. The number of carboxylic acids is 1. The molecule has 33 heavy (non-hydrogen) atoms. The van der Waals surface area contributed by atoms with Crippen molar-refractivity contribution in [2.75, 3.05) is 19.8 Å². The van der Waals surface area contributed by atoms with Crippen molar-refractivity contribution in [3.8, 4) is 0 Å². The Balaban J connectivity index is 3.87. The molecule has 0 spiro atoms. The van der Waals surface area contributed by atoms with Crippen molar-refractivity contribution in [1.29, 1.82) is 0 Å². The van der Waals surface area contributed by atoms with Crippen LogP contribution in [-0.4, -0.2) is 59.0 Å². The zero-order valence-corrected chi connectivity index (χ0v) is 19.8. The summed E-state index contributed by atoms with van der Waals surface area (Å²) in [4.78, 5) is 31.6. The van der Waals surface area contributed by atoms with Gasteiger partial charge in [0.2, 0.25) is 0 Å². The quantitative estimate of drug-likeness (QED) is 0.120. The maximum absolute atomic E-state index is 11.7. The van der Waals surface area contributed by atoms with Gasteiger partial charge < -0.3 is 25.6 Å². The Labute approximate surface area is 195 Å². The minimum absolute atomic E-state index is 0.122. The molecule has 188 valence electrons. The molecule has 0 aliphatic heterocycles. The van der Waals surface area contributed by atoms with Gasteiger partial charge in [0.1, 0.15) is 18.8 Å². The van der Waals surface area contributed by atoms with Gasteiger partial charge in [0, 0.05) is 6.42 Å². The molecule has 0 bridgehead atoms. The first-order valence-corrected chi connectivity index (χ1v) is 12.2. The van der Waals surface area contributed by atoms with E-state index in [0.29, 0.717) is 6.42 Å². The SMILES string of the molecule is CC/C=C\C/C=C\C/C=C\C/C=C\CCC(=O)OCC(O)COP(=O)(O)OCC(N)C(=O)O. The normalized spacial score (nSPS) is 16.0. The Kier molecular flexibility index (Phi) is 18.2. The van der Waals surface area contributed by atoms with Crippen LogP contribution in [0.1, 0.15) is 45.4 Å². The molecule has 0 aromatic heterocycles. The number of allylic oxidation sites excluding steroid dienone is 8. The zero-order valence-electron chi connectivity index (χ0n) is 19.0. The van der Waals surface area contributed by atoms with Crippen LogP contribution < -0.4 is 5.73 Å². The Morgan fingerprint density at radius 3 is 1.97 bits per heavy atom. The second kappa shape index (κ2) is 19.4. The van der Waals surface area contributed by atoms with Gasteiger partial charge in [-0.05, 0) is 32.1 Å². The molecule has 0 aromatic rings. The molecule has 3 atom stereocenters. The average molecular weight is 490 g/mol. The van der Waals surface area contributed by atoms with E-state index in [1.165, 1.54) is 0 Å². The lowest BCUT2D eigenvalue weighted by atomic mass is 10.2. The molecule has 0 aliphatic carbocycles. The third kappa shape index (κ3) is 20.3. The van der Waals surface area contributed by atoms with Crippen molar-refractivity contribution in [3.05, 3.63) is 48.6 Å². The van der Waals surface area contributed by atoms with E-state index in [1.807, 2.05) is 18.2 Å². The summed E-state index contributed by atoms with van der Waals surface area (Å²) in [6.07, 6.45) is 19.3. The van der Waals surface area contributed by atoms with Crippen molar-refractivity contribution in [2.45, 2.75) is 57.6 Å². The number of nitrogens with two attached hydrogens (primary N) is 1. The van der Waals surface area contributed by atoms with Crippen molar-refractivity contribution in [2.24, 2.45) is 5.73 Å². The second-order valence-corrected chi connectivity index (χ2v) is 8.33. The minimum Gasteiger partial charge on any atom is -0.480 e. The summed E-state index contributed by atoms with van der Waals surface area (Å²) in [6, 6.07) is -1.50. The van der Waals surface area contributed by atoms with Gasteiger partial charge in [-0.25, -0.2) is 4.57 Å². The van der Waals surface area contributed by atoms with E-state index in [9.17, 15) is 24.2 Å². The second-order valence-electron chi connectivity index (χ2n) is 6.88. The first kappa shape index (κ1) is 30.9. The number of carboxylic acid groups (broad SMARTS) is 1. The predicted molar refractivity (Wildman–Crippen MR) is 124 cm³/mol. The van der Waals surface area contributed by atoms with Gasteiger partial charge in [-0.15, -0.1) is 0 Å². The molecule has 3 unspecified atom stereocenters. The fourth-order valence-corrected chi connectivity index (χ4v) is 2.86. The highest BCUT2D eigenvalue weighted by Gasteiger charge is 2.26. The van der Waals surface area contributed by atoms with Crippen LogP contribution in [-0.2, 0) is 27.9 Å². The molecular weight excluding hydrogens is 453 g/mol. The van der Waals surface area contributed by atoms with Gasteiger partial charge in [0.25, 0.3) is 0 Å². The largest absolute Gasteiger partial charge is 0.480 e. The maximum atomic E-state index is 11.7. The van der Waals surface area contributed by atoms with Gasteiger partial charge >= 0.3 is 19.8 Å². The lowest BCUT2D eigenvalue weighted by molar-refractivity contribution is -0.147. The molecule has 0 amide bonds. The Bertz CT molecular complexity index is 719. The molecule has 0 aromatic carbocycles. The number of aliphatic hydroxyl groups excluding tert-OH is 1. The van der Waals surface area contributed by atoms with Crippen LogP contribution >= 0.6 is 7.82 Å². The average Bonchev–Trinajstić information content (AvgIpc) is 2.77. The van der Waals surface area contributed by atoms with Crippen LogP contribution in [0.2, 0.25) is 0 Å². The van der Waals surface area contributed by atoms with E-state index >= 15 is 0 Å². The number of carbonyl (C=O) groups excluding carboxylic acids is 1. The number of aliphatic carboxylic acids is 1. The Hall–Kier alpha value is -2.07. The van der Waals surface area contributed by atoms with Crippen molar-refractivity contribution >= 4 is 19.8 Å². The molecule has 0 saturated carbocycles. The van der Waals surface area contributed by atoms with Crippen LogP contribution in [0.15, 0.2) is 48.6 Å². The molecule has 0 radical (unpaired) electrons. The molecule has 0 fully saturated rings. The maximum Gasteiger partial charge on any atom is 0.472 e. The number of aliphatic hydroxyl groups is 1. The summed E-state index contributed by atoms with van der Waals surface area (Å²) >= 11 is 0. The number of carbonyl (C=O) groups is 2. The van der Waals surface area contributed by atoms with E-state index in [-0.39, 0.29) is 6.42 Å². The van der Waals surface area contributed by atoms with Crippen LogP contribution in [0.3, 0.4) is 0 Å². The number of phosphoric ester groups is 1. The van der Waals surface area contributed by atoms with Crippen LogP contribution in [0.25, 0.3) is 0 Å². The van der Waals surface area contributed by atoms with Crippen LogP contribution in [0.5, 0.6) is 0 Å². The number of rotatable bonds is 19. The molecule has 0 heterocycles. The number of phosphoric acid groups is 1. The first-order valence-electron chi connectivity index (χ1n) is 10.7. The van der Waals surface area contributed by atoms with E-state index < -0.39 is 51.7 Å². The Morgan fingerprint density at radius 1 is 0.909 bits per heavy atom. The molecule has 11 heteroatoms. The summed E-state index contributed by atoms with van der Waals surface area (Å²) in [5, 5.41) is 18.2. The van der Waals surface area contributed by atoms with E-state index in [4.69, 9.17) is 15.6 Å². The van der Waals surface area contributed by atoms with Crippen molar-refractivity contribution in [3.63, 3.8) is 0 Å². The fraction of sp³-hybridized carbons (Fsp3) is 0.545. The Morgan fingerprint density at radius 2 is 1.42 bits per heavy atom. The van der Waals surface area contributed by atoms with E-state index in [2.05, 4.69) is 46.4 Å². The van der Waals surface area contributed by atoms with Gasteiger partial charge in [-0.2, -0.15) is 0 Å². The highest BCUT2D eigenvalue weighted by Crippen LogP contribution is 2.43. The summed E-state index contributed by atoms with van der Waals surface area (Å²) in [7, 11) is -4.60. The highest BCUT2D eigenvalue weighted by atomic mass is 31.2. The number of esters is 1. The van der Waals surface area contributed by atoms with Crippen molar-refractivity contribution in [1.82, 2.24) is 0 Å². The van der Waals surface area contributed by atoms with Gasteiger partial charge in [0.05, 0.1) is 13.2 Å². The molecule has 0 aliphatic rings. The van der Waals surface area contributed by atoms with Crippen molar-refractivity contribution < 1.29 is 43.0 Å². The predicted octanol–water partition coefficient (Wildman–Crippen LogP) is 3.02. The highest BCUT2D eigenvalue weighted by molar-refractivity contribution is 7.47. The van der Waals surface area contributed by atoms with Gasteiger partial charge in [0.15, 0.2) is 0 Å². The smallest absolute Gasteiger partial charge is 0.472 e. The number of hydrogen-bond acceptors (Lipinski definition) is 8. The summed E-state index contributed by atoms with van der Waals surface area (Å²) in [5.41, 5.74) is 5.14. The third-order valence-corrected chi connectivity index (χ3v) is 4.79. The monoisotopic (exact) mass is 489 g/mol. The zero-order chi connectivity index (χ0) is 25.0. The van der Waals surface area contributed by atoms with E-state index in [0.717, 1.165) is 25.7 Å². The third-order valence-electron chi connectivity index (χ3n) is 3.84. The lowest BCUT2D eigenvalue weighted by Crippen LogP contribution is -2.34. The fourth-order valence-electron chi connectivity index (χ4n) is 2.07.